The number of halogens is 2. The zero-order valence-electron chi connectivity index (χ0n) is 25.8. The van der Waals surface area contributed by atoms with Crippen molar-refractivity contribution < 1.29 is 4.58 Å². The van der Waals surface area contributed by atoms with Crippen LogP contribution in [-0.4, -0.2) is 27.4 Å². The van der Waals surface area contributed by atoms with E-state index in [1.54, 1.807) is 0 Å². The number of aliphatic imine (C=N–C) groups is 3. The first-order chi connectivity index (χ1) is 23.6. The molecule has 230 valence electrons. The molecule has 6 aromatic carbocycles. The molecule has 2 aliphatic rings. The molecular formula is C42H29Cl2N4+. The van der Waals surface area contributed by atoms with Crippen LogP contribution in [0.15, 0.2) is 185 Å². The lowest BCUT2D eigenvalue weighted by Gasteiger charge is -2.25. The summed E-state index contributed by atoms with van der Waals surface area (Å²) in [5.74, 6) is -1.37. The van der Waals surface area contributed by atoms with Crippen molar-refractivity contribution in [3.63, 3.8) is 0 Å². The molecule has 1 unspecified atom stereocenters. The minimum Gasteiger partial charge on any atom is -0.205 e. The Bertz CT molecular complexity index is 2190. The summed E-state index contributed by atoms with van der Waals surface area (Å²) in [5, 5.41) is 1.15. The average Bonchev–Trinajstić information content (AvgIpc) is 3.75. The zero-order chi connectivity index (χ0) is 32.5. The molecule has 4 nitrogen and oxygen atoms in total. The van der Waals surface area contributed by atoms with Gasteiger partial charge in [0.15, 0.2) is 0 Å². The predicted molar refractivity (Wildman–Crippen MR) is 197 cm³/mol. The number of rotatable bonds is 7. The molecule has 2 heterocycles. The monoisotopic (exact) mass is 659 g/mol. The van der Waals surface area contributed by atoms with Crippen molar-refractivity contribution in [2.24, 2.45) is 15.0 Å². The van der Waals surface area contributed by atoms with E-state index in [0.29, 0.717) is 10.0 Å². The lowest BCUT2D eigenvalue weighted by atomic mass is 9.98. The van der Waals surface area contributed by atoms with Crippen molar-refractivity contribution in [3.05, 3.63) is 213 Å². The molecule has 0 spiro atoms. The van der Waals surface area contributed by atoms with Crippen LogP contribution >= 0.6 is 23.2 Å². The van der Waals surface area contributed by atoms with E-state index in [0.717, 1.165) is 56.2 Å². The van der Waals surface area contributed by atoms with Gasteiger partial charge in [-0.2, -0.15) is 9.98 Å². The summed E-state index contributed by atoms with van der Waals surface area (Å²) in [6, 6.07) is 56.7. The highest BCUT2D eigenvalue weighted by Crippen LogP contribution is 2.46. The normalized spacial score (nSPS) is 16.8. The SMILES string of the molecule is Clc1ccccc1C1N=C(c2ccccc2)C(c2ccccc2)=[N+]1C1(c2ccccc2Cl)N=C(c2ccccc2)C(c2ccccc2)=N1. The molecule has 6 heteroatoms. The number of benzene rings is 6. The Morgan fingerprint density at radius 3 is 1.35 bits per heavy atom. The fourth-order valence-corrected chi connectivity index (χ4v) is 7.00. The van der Waals surface area contributed by atoms with E-state index in [2.05, 4.69) is 53.1 Å². The Kier molecular flexibility index (Phi) is 7.89. The van der Waals surface area contributed by atoms with Crippen LogP contribution in [-0.2, 0) is 5.79 Å². The highest BCUT2D eigenvalue weighted by Gasteiger charge is 2.58. The molecule has 0 radical (unpaired) electrons. The molecule has 0 fully saturated rings. The third-order valence-electron chi connectivity index (χ3n) is 8.66. The highest BCUT2D eigenvalue weighted by molar-refractivity contribution is 6.55. The van der Waals surface area contributed by atoms with Crippen LogP contribution in [0.4, 0.5) is 0 Å². The number of hydrogen-bond donors (Lipinski definition) is 0. The van der Waals surface area contributed by atoms with Crippen LogP contribution < -0.4 is 0 Å². The van der Waals surface area contributed by atoms with Gasteiger partial charge in [0.1, 0.15) is 17.1 Å². The Morgan fingerprint density at radius 1 is 0.438 bits per heavy atom. The number of hydrogen-bond acceptors (Lipinski definition) is 3. The summed E-state index contributed by atoms with van der Waals surface area (Å²) in [5.41, 5.74) is 8.65. The van der Waals surface area contributed by atoms with E-state index >= 15 is 0 Å². The standard InChI is InChI=1S/C42H29Cl2N4/c43-35-27-15-13-25-33(35)41-45-39(31-21-9-3-10-22-31)40(32-23-11-4-12-24-32)48(41)42(34-26-14-16-28-36(34)44)46-37(29-17-5-1-6-18-29)38(47-42)30-19-7-2-8-20-30/h1-28,41H/q+1. The number of nitrogens with zero attached hydrogens (tertiary/aromatic N) is 4. The molecule has 0 bridgehead atoms. The molecule has 0 saturated heterocycles. The second-order valence-electron chi connectivity index (χ2n) is 11.6. The summed E-state index contributed by atoms with van der Waals surface area (Å²) >= 11 is 14.2. The van der Waals surface area contributed by atoms with E-state index in [1.807, 2.05) is 121 Å². The minimum atomic E-state index is -1.37. The van der Waals surface area contributed by atoms with Crippen molar-refractivity contribution in [3.8, 4) is 0 Å². The Hall–Kier alpha value is -5.42. The molecular weight excluding hydrogens is 631 g/mol. The van der Waals surface area contributed by atoms with Crippen LogP contribution in [0.5, 0.6) is 0 Å². The third kappa shape index (κ3) is 5.20. The van der Waals surface area contributed by atoms with Crippen LogP contribution in [0.2, 0.25) is 10.0 Å². The summed E-state index contributed by atoms with van der Waals surface area (Å²) in [6.45, 7) is 0. The van der Waals surface area contributed by atoms with E-state index in [4.69, 9.17) is 38.2 Å². The van der Waals surface area contributed by atoms with E-state index in [9.17, 15) is 0 Å². The first-order valence-corrected chi connectivity index (χ1v) is 16.6. The summed E-state index contributed by atoms with van der Waals surface area (Å²) in [7, 11) is 0. The molecule has 0 amide bonds. The first-order valence-electron chi connectivity index (χ1n) is 15.8. The van der Waals surface area contributed by atoms with Crippen LogP contribution in [0.3, 0.4) is 0 Å². The smallest absolute Gasteiger partial charge is 0.205 e. The van der Waals surface area contributed by atoms with E-state index < -0.39 is 12.0 Å². The van der Waals surface area contributed by atoms with Gasteiger partial charge in [0.2, 0.25) is 5.71 Å². The van der Waals surface area contributed by atoms with Crippen LogP contribution in [0, 0.1) is 0 Å². The van der Waals surface area contributed by atoms with Gasteiger partial charge in [0.05, 0.1) is 21.2 Å². The van der Waals surface area contributed by atoms with Crippen molar-refractivity contribution >= 4 is 46.0 Å². The van der Waals surface area contributed by atoms with Gasteiger partial charge >= 0.3 is 5.79 Å². The zero-order valence-corrected chi connectivity index (χ0v) is 27.3. The van der Waals surface area contributed by atoms with Gasteiger partial charge in [0, 0.05) is 22.3 Å². The molecule has 0 aromatic heterocycles. The molecule has 0 N–H and O–H groups in total. The Balaban J connectivity index is 1.55. The molecule has 6 aromatic rings. The topological polar surface area (TPSA) is 40.1 Å². The van der Waals surface area contributed by atoms with Crippen molar-refractivity contribution in [1.82, 2.24) is 0 Å². The van der Waals surface area contributed by atoms with Crippen molar-refractivity contribution in [1.29, 1.82) is 0 Å². The predicted octanol–water partition coefficient (Wildman–Crippen LogP) is 9.80. The maximum absolute atomic E-state index is 7.19. The molecule has 2 aliphatic heterocycles. The third-order valence-corrected chi connectivity index (χ3v) is 9.34. The molecule has 0 aliphatic carbocycles. The maximum atomic E-state index is 7.19. The fourth-order valence-electron chi connectivity index (χ4n) is 6.50. The Labute approximate surface area is 289 Å². The second-order valence-corrected chi connectivity index (χ2v) is 12.4. The molecule has 48 heavy (non-hydrogen) atoms. The van der Waals surface area contributed by atoms with Crippen LogP contribution in [0.25, 0.3) is 0 Å². The van der Waals surface area contributed by atoms with E-state index in [1.165, 1.54) is 0 Å². The summed E-state index contributed by atoms with van der Waals surface area (Å²) in [4.78, 5) is 16.9. The van der Waals surface area contributed by atoms with Gasteiger partial charge in [-0.25, -0.2) is 4.99 Å². The quantitative estimate of drug-likeness (QED) is 0.153. The van der Waals surface area contributed by atoms with Gasteiger partial charge in [-0.1, -0.05) is 157 Å². The summed E-state index contributed by atoms with van der Waals surface area (Å²) < 4.78 is 2.21. The lowest BCUT2D eigenvalue weighted by Crippen LogP contribution is -2.41. The van der Waals surface area contributed by atoms with Crippen molar-refractivity contribution in [2.45, 2.75) is 12.0 Å². The highest BCUT2D eigenvalue weighted by atomic mass is 35.5. The van der Waals surface area contributed by atoms with Gasteiger partial charge in [0.25, 0.3) is 6.17 Å². The lowest BCUT2D eigenvalue weighted by molar-refractivity contribution is -0.646. The molecule has 8 rings (SSSR count). The van der Waals surface area contributed by atoms with E-state index in [-0.39, 0.29) is 0 Å². The van der Waals surface area contributed by atoms with Gasteiger partial charge in [-0.3, -0.25) is 0 Å². The average molecular weight is 661 g/mol. The minimum absolute atomic E-state index is 0.546. The van der Waals surface area contributed by atoms with Gasteiger partial charge < -0.3 is 0 Å². The largest absolute Gasteiger partial charge is 0.388 e. The molecule has 0 saturated carbocycles. The van der Waals surface area contributed by atoms with Gasteiger partial charge in [-0.15, -0.1) is 4.58 Å². The van der Waals surface area contributed by atoms with Crippen LogP contribution in [0.1, 0.15) is 39.5 Å². The first kappa shape index (κ1) is 29.9. The maximum Gasteiger partial charge on any atom is 0.388 e. The van der Waals surface area contributed by atoms with Crippen molar-refractivity contribution in [2.75, 3.05) is 0 Å². The molecule has 1 atom stereocenters. The Morgan fingerprint density at radius 2 is 0.854 bits per heavy atom. The van der Waals surface area contributed by atoms with Gasteiger partial charge in [-0.05, 0) is 36.4 Å². The fraction of sp³-hybridized carbons (Fsp3) is 0.0476. The summed E-state index contributed by atoms with van der Waals surface area (Å²) in [6.07, 6.45) is -0.597. The second kappa shape index (κ2) is 12.6.